The second-order valence-electron chi connectivity index (χ2n) is 2.59. The number of piperazine rings is 1. The van der Waals surface area contributed by atoms with Gasteiger partial charge in [-0.05, 0) is 14.0 Å². The zero-order valence-electron chi connectivity index (χ0n) is 6.76. The minimum Gasteiger partial charge on any atom is -0.362 e. The minimum atomic E-state index is 0.291. The molecule has 1 atom stereocenters. The lowest BCUT2D eigenvalue weighted by Gasteiger charge is -2.32. The first-order chi connectivity index (χ1) is 4.84. The third-order valence-electron chi connectivity index (χ3n) is 1.81. The van der Waals surface area contributed by atoms with Gasteiger partial charge in [0, 0.05) is 26.2 Å². The van der Waals surface area contributed by atoms with Gasteiger partial charge in [0.15, 0.2) is 0 Å². The summed E-state index contributed by atoms with van der Waals surface area (Å²) in [5, 5.41) is 3.28. The van der Waals surface area contributed by atoms with Gasteiger partial charge in [0.25, 0.3) is 0 Å². The second-order valence-corrected chi connectivity index (χ2v) is 2.59. The Bertz CT molecular complexity index is 95.6. The molecule has 1 aliphatic rings. The fourth-order valence-corrected chi connectivity index (χ4v) is 1.16. The van der Waals surface area contributed by atoms with E-state index in [0.717, 1.165) is 26.2 Å². The molecular weight excluding hydrogens is 128 g/mol. The zero-order valence-corrected chi connectivity index (χ0v) is 6.76. The van der Waals surface area contributed by atoms with E-state index in [0.29, 0.717) is 6.23 Å². The van der Waals surface area contributed by atoms with Crippen molar-refractivity contribution in [2.75, 3.05) is 33.3 Å². The Morgan fingerprint density at radius 1 is 1.70 bits per heavy atom. The molecule has 0 aromatic heterocycles. The van der Waals surface area contributed by atoms with E-state index < -0.39 is 0 Å². The van der Waals surface area contributed by atoms with Gasteiger partial charge in [-0.2, -0.15) is 0 Å². The zero-order chi connectivity index (χ0) is 7.40. The number of nitrogens with zero attached hydrogens (tertiary/aromatic N) is 1. The van der Waals surface area contributed by atoms with Crippen molar-refractivity contribution in [2.24, 2.45) is 0 Å². The first-order valence-electron chi connectivity index (χ1n) is 3.87. The van der Waals surface area contributed by atoms with E-state index in [-0.39, 0.29) is 0 Å². The molecule has 0 amide bonds. The Morgan fingerprint density at radius 2 is 2.50 bits per heavy atom. The van der Waals surface area contributed by atoms with Crippen LogP contribution in [0.4, 0.5) is 0 Å². The summed E-state index contributed by atoms with van der Waals surface area (Å²) in [6, 6.07) is 0. The normalized spacial score (nSPS) is 28.8. The summed E-state index contributed by atoms with van der Waals surface area (Å²) in [7, 11) is 2.10. The Morgan fingerprint density at radius 3 is 3.10 bits per heavy atom. The fourth-order valence-electron chi connectivity index (χ4n) is 1.16. The van der Waals surface area contributed by atoms with Crippen LogP contribution in [0.2, 0.25) is 0 Å². The number of hydrogen-bond acceptors (Lipinski definition) is 3. The van der Waals surface area contributed by atoms with Crippen molar-refractivity contribution in [3.05, 3.63) is 0 Å². The first kappa shape index (κ1) is 7.98. The van der Waals surface area contributed by atoms with Crippen LogP contribution < -0.4 is 5.32 Å². The second kappa shape index (κ2) is 3.91. The van der Waals surface area contributed by atoms with Gasteiger partial charge in [0.2, 0.25) is 0 Å². The molecule has 3 nitrogen and oxygen atoms in total. The number of likely N-dealkylation sites (N-methyl/N-ethyl adjacent to an activating group) is 1. The molecule has 1 heterocycles. The van der Waals surface area contributed by atoms with Gasteiger partial charge in [-0.25, -0.2) is 0 Å². The van der Waals surface area contributed by atoms with Gasteiger partial charge < -0.3 is 10.1 Å². The largest absolute Gasteiger partial charge is 0.362 e. The lowest BCUT2D eigenvalue weighted by atomic mass is 10.3. The van der Waals surface area contributed by atoms with E-state index in [2.05, 4.69) is 17.3 Å². The highest BCUT2D eigenvalue weighted by molar-refractivity contribution is 4.69. The topological polar surface area (TPSA) is 24.5 Å². The average molecular weight is 144 g/mol. The maximum atomic E-state index is 5.46. The molecule has 1 fully saturated rings. The van der Waals surface area contributed by atoms with Gasteiger partial charge in [0.1, 0.15) is 6.23 Å². The molecule has 0 bridgehead atoms. The van der Waals surface area contributed by atoms with E-state index in [9.17, 15) is 0 Å². The van der Waals surface area contributed by atoms with Crippen molar-refractivity contribution >= 4 is 0 Å². The Labute approximate surface area is 62.3 Å². The van der Waals surface area contributed by atoms with Crippen molar-refractivity contribution in [3.8, 4) is 0 Å². The summed E-state index contributed by atoms with van der Waals surface area (Å²) in [5.74, 6) is 0. The van der Waals surface area contributed by atoms with Crippen LogP contribution in [0.15, 0.2) is 0 Å². The maximum absolute atomic E-state index is 5.46. The van der Waals surface area contributed by atoms with Gasteiger partial charge in [0.05, 0.1) is 0 Å². The van der Waals surface area contributed by atoms with Crippen molar-refractivity contribution in [3.63, 3.8) is 0 Å². The number of rotatable bonds is 2. The molecule has 0 aromatic rings. The standard InChI is InChI=1S/C7H16N2O/c1-3-10-7-6-8-4-5-9(7)2/h7-8H,3-6H2,1-2H3. The van der Waals surface area contributed by atoms with Crippen molar-refractivity contribution in [1.82, 2.24) is 10.2 Å². The summed E-state index contributed by atoms with van der Waals surface area (Å²) >= 11 is 0. The SMILES string of the molecule is CCOC1CNCCN1C. The molecule has 10 heavy (non-hydrogen) atoms. The Kier molecular flexibility index (Phi) is 3.12. The number of hydrogen-bond donors (Lipinski definition) is 1. The molecule has 0 spiro atoms. The van der Waals surface area contributed by atoms with Crippen LogP contribution in [0, 0.1) is 0 Å². The third-order valence-corrected chi connectivity index (χ3v) is 1.81. The maximum Gasteiger partial charge on any atom is 0.122 e. The molecule has 1 rings (SSSR count). The van der Waals surface area contributed by atoms with Gasteiger partial charge in [-0.3, -0.25) is 4.90 Å². The lowest BCUT2D eigenvalue weighted by molar-refractivity contribution is -0.0528. The van der Waals surface area contributed by atoms with Crippen molar-refractivity contribution < 1.29 is 4.74 Å². The molecule has 0 aliphatic carbocycles. The highest BCUT2D eigenvalue weighted by Gasteiger charge is 2.17. The van der Waals surface area contributed by atoms with Crippen molar-refractivity contribution in [1.29, 1.82) is 0 Å². The van der Waals surface area contributed by atoms with Crippen molar-refractivity contribution in [2.45, 2.75) is 13.2 Å². The van der Waals surface area contributed by atoms with E-state index in [1.165, 1.54) is 0 Å². The van der Waals surface area contributed by atoms with Crippen LogP contribution >= 0.6 is 0 Å². The molecule has 1 saturated heterocycles. The molecular formula is C7H16N2O. The van der Waals surface area contributed by atoms with E-state index in [1.807, 2.05) is 6.92 Å². The molecule has 3 heteroatoms. The van der Waals surface area contributed by atoms with E-state index in [1.54, 1.807) is 0 Å². The summed E-state index contributed by atoms with van der Waals surface area (Å²) in [6.45, 7) is 5.97. The van der Waals surface area contributed by atoms with E-state index in [4.69, 9.17) is 4.74 Å². The van der Waals surface area contributed by atoms with Gasteiger partial charge in [-0.1, -0.05) is 0 Å². The average Bonchev–Trinajstić information content (AvgIpc) is 1.94. The molecule has 0 saturated carbocycles. The van der Waals surface area contributed by atoms with Crippen LogP contribution in [0.25, 0.3) is 0 Å². The number of nitrogens with one attached hydrogen (secondary N) is 1. The van der Waals surface area contributed by atoms with Gasteiger partial charge in [-0.15, -0.1) is 0 Å². The highest BCUT2D eigenvalue weighted by Crippen LogP contribution is 2.00. The van der Waals surface area contributed by atoms with Crippen LogP contribution in [-0.4, -0.2) is 44.4 Å². The quantitative estimate of drug-likeness (QED) is 0.585. The highest BCUT2D eigenvalue weighted by atomic mass is 16.5. The summed E-state index contributed by atoms with van der Waals surface area (Å²) in [5.41, 5.74) is 0. The molecule has 1 N–H and O–H groups in total. The Balaban J connectivity index is 2.25. The summed E-state index contributed by atoms with van der Waals surface area (Å²) in [4.78, 5) is 2.24. The molecule has 0 aromatic carbocycles. The van der Waals surface area contributed by atoms with Crippen LogP contribution in [0.3, 0.4) is 0 Å². The predicted octanol–water partition coefficient (Wildman–Crippen LogP) is -0.116. The first-order valence-corrected chi connectivity index (χ1v) is 3.87. The third kappa shape index (κ3) is 1.94. The molecule has 1 aliphatic heterocycles. The summed E-state index contributed by atoms with van der Waals surface area (Å²) < 4.78 is 5.46. The van der Waals surface area contributed by atoms with Crippen LogP contribution in [-0.2, 0) is 4.74 Å². The monoisotopic (exact) mass is 144 g/mol. The van der Waals surface area contributed by atoms with Gasteiger partial charge >= 0.3 is 0 Å². The lowest BCUT2D eigenvalue weighted by Crippen LogP contribution is -2.50. The van der Waals surface area contributed by atoms with Crippen LogP contribution in [0.5, 0.6) is 0 Å². The fraction of sp³-hybridized carbons (Fsp3) is 1.00. The molecule has 60 valence electrons. The molecule has 1 unspecified atom stereocenters. The van der Waals surface area contributed by atoms with E-state index >= 15 is 0 Å². The Hall–Kier alpha value is -0.120. The minimum absolute atomic E-state index is 0.291. The number of ether oxygens (including phenoxy) is 1. The van der Waals surface area contributed by atoms with Crippen LogP contribution in [0.1, 0.15) is 6.92 Å². The predicted molar refractivity (Wildman–Crippen MR) is 40.9 cm³/mol. The molecule has 0 radical (unpaired) electrons. The smallest absolute Gasteiger partial charge is 0.122 e. The summed E-state index contributed by atoms with van der Waals surface area (Å²) in [6.07, 6.45) is 0.291.